The largest absolute Gasteiger partial charge is 0.494 e. The van der Waals surface area contributed by atoms with Gasteiger partial charge in [0.25, 0.3) is 0 Å². The minimum Gasteiger partial charge on any atom is -0.494 e. The van der Waals surface area contributed by atoms with Gasteiger partial charge in [0.15, 0.2) is 6.73 Å². The number of benzene rings is 1. The summed E-state index contributed by atoms with van der Waals surface area (Å²) in [5.41, 5.74) is 3.14. The topological polar surface area (TPSA) is 90.7 Å². The van der Waals surface area contributed by atoms with Crippen molar-refractivity contribution < 1.29 is 19.4 Å². The molecular weight excluding hydrogens is 452 g/mol. The van der Waals surface area contributed by atoms with Crippen LogP contribution < -0.4 is 9.61 Å². The van der Waals surface area contributed by atoms with Crippen molar-refractivity contribution in [3.63, 3.8) is 0 Å². The number of ether oxygens (including phenoxy) is 2. The summed E-state index contributed by atoms with van der Waals surface area (Å²) in [6.07, 6.45) is 5.59. The number of aromatic nitrogens is 2. The predicted molar refractivity (Wildman–Crippen MR) is 132 cm³/mol. The standard InChI is InChI=1S/C26H32N2O5S/c1-4-6-18(3)25(30)33-17-28-24(29)23(34-26(28)31)15-20-8-11-22(12-9-20)32-14-13-21-10-7-19(5-2)16-27-21/h7-12,16,18,29H,4-6,13-15,17H2,1-3H3. The molecule has 3 aromatic rings. The molecule has 0 fully saturated rings. The molecule has 7 nitrogen and oxygen atoms in total. The van der Waals surface area contributed by atoms with E-state index in [9.17, 15) is 14.7 Å². The van der Waals surface area contributed by atoms with E-state index >= 15 is 0 Å². The molecule has 0 amide bonds. The summed E-state index contributed by atoms with van der Waals surface area (Å²) in [5.74, 6) is -0.0188. The van der Waals surface area contributed by atoms with Crippen molar-refractivity contribution in [1.29, 1.82) is 0 Å². The zero-order valence-corrected chi connectivity index (χ0v) is 20.8. The Bertz CT molecular complexity index is 1120. The average molecular weight is 485 g/mol. The number of thiazole rings is 1. The number of carbonyl (C=O) groups is 1. The van der Waals surface area contributed by atoms with E-state index in [1.165, 1.54) is 5.56 Å². The lowest BCUT2D eigenvalue weighted by Crippen LogP contribution is -2.21. The first-order valence-electron chi connectivity index (χ1n) is 11.6. The van der Waals surface area contributed by atoms with Crippen LogP contribution in [-0.4, -0.2) is 27.2 Å². The number of esters is 1. The Kier molecular flexibility index (Phi) is 9.27. The number of aromatic hydroxyl groups is 1. The van der Waals surface area contributed by atoms with Gasteiger partial charge in [-0.15, -0.1) is 0 Å². The van der Waals surface area contributed by atoms with Gasteiger partial charge in [-0.2, -0.15) is 0 Å². The molecule has 0 saturated heterocycles. The van der Waals surface area contributed by atoms with Crippen molar-refractivity contribution in [2.24, 2.45) is 5.92 Å². The Morgan fingerprint density at radius 1 is 1.15 bits per heavy atom. The highest BCUT2D eigenvalue weighted by atomic mass is 32.1. The van der Waals surface area contributed by atoms with Crippen molar-refractivity contribution in [2.75, 3.05) is 6.61 Å². The van der Waals surface area contributed by atoms with E-state index in [-0.39, 0.29) is 29.4 Å². The number of aryl methyl sites for hydroxylation is 1. The summed E-state index contributed by atoms with van der Waals surface area (Å²) in [5, 5.41) is 10.5. The summed E-state index contributed by atoms with van der Waals surface area (Å²) in [6, 6.07) is 11.7. The minimum absolute atomic E-state index is 0.159. The van der Waals surface area contributed by atoms with Crippen LogP contribution >= 0.6 is 11.3 Å². The van der Waals surface area contributed by atoms with E-state index in [4.69, 9.17) is 9.47 Å². The molecule has 2 aromatic heterocycles. The lowest BCUT2D eigenvalue weighted by Gasteiger charge is -2.11. The Hall–Kier alpha value is -3.13. The number of rotatable bonds is 12. The SMILES string of the molecule is CCCC(C)C(=O)OCn1c(O)c(Cc2ccc(OCCc3ccc(CC)cn3)cc2)sc1=O. The second-order valence-electron chi connectivity index (χ2n) is 8.26. The first-order chi connectivity index (χ1) is 16.4. The van der Waals surface area contributed by atoms with Crippen molar-refractivity contribution in [1.82, 2.24) is 9.55 Å². The molecule has 8 heteroatoms. The maximum absolute atomic E-state index is 12.3. The molecule has 0 aliphatic heterocycles. The summed E-state index contributed by atoms with van der Waals surface area (Å²) in [4.78, 5) is 28.9. The maximum atomic E-state index is 12.3. The maximum Gasteiger partial charge on any atom is 0.313 e. The van der Waals surface area contributed by atoms with Crippen molar-refractivity contribution >= 4 is 17.3 Å². The highest BCUT2D eigenvalue weighted by Gasteiger charge is 2.18. The average Bonchev–Trinajstić information content (AvgIpc) is 3.11. The molecule has 1 N–H and O–H groups in total. The number of hydrogen-bond acceptors (Lipinski definition) is 7. The second-order valence-corrected chi connectivity index (χ2v) is 9.30. The first-order valence-corrected chi connectivity index (χ1v) is 12.5. The molecule has 0 aliphatic rings. The summed E-state index contributed by atoms with van der Waals surface area (Å²) < 4.78 is 12.1. The van der Waals surface area contributed by atoms with Crippen LogP contribution in [0.4, 0.5) is 0 Å². The number of nitrogens with zero attached hydrogens (tertiary/aromatic N) is 2. The van der Waals surface area contributed by atoms with Gasteiger partial charge in [-0.3, -0.25) is 14.6 Å². The molecule has 34 heavy (non-hydrogen) atoms. The lowest BCUT2D eigenvalue weighted by atomic mass is 10.1. The summed E-state index contributed by atoms with van der Waals surface area (Å²) >= 11 is 0.952. The zero-order chi connectivity index (χ0) is 24.5. The molecule has 0 radical (unpaired) electrons. The molecule has 0 bridgehead atoms. The smallest absolute Gasteiger partial charge is 0.313 e. The predicted octanol–water partition coefficient (Wildman–Crippen LogP) is 4.72. The molecule has 3 rings (SSSR count). The van der Waals surface area contributed by atoms with Crippen molar-refractivity contribution in [2.45, 2.75) is 59.6 Å². The van der Waals surface area contributed by atoms with Gasteiger partial charge in [-0.1, -0.05) is 56.7 Å². The molecule has 182 valence electrons. The number of pyridine rings is 1. The number of carbonyl (C=O) groups excluding carboxylic acids is 1. The minimum atomic E-state index is -0.370. The number of hydrogen-bond donors (Lipinski definition) is 1. The van der Waals surface area contributed by atoms with Gasteiger partial charge in [0.2, 0.25) is 5.88 Å². The van der Waals surface area contributed by atoms with Gasteiger partial charge in [0.05, 0.1) is 17.4 Å². The molecule has 0 aliphatic carbocycles. The molecule has 1 atom stereocenters. The van der Waals surface area contributed by atoms with Crippen LogP contribution in [0.2, 0.25) is 0 Å². The zero-order valence-electron chi connectivity index (χ0n) is 20.0. The highest BCUT2D eigenvalue weighted by molar-refractivity contribution is 7.09. The lowest BCUT2D eigenvalue weighted by molar-refractivity contribution is -0.152. The van der Waals surface area contributed by atoms with Gasteiger partial charge in [0.1, 0.15) is 5.75 Å². The van der Waals surface area contributed by atoms with E-state index in [1.807, 2.05) is 43.5 Å². The Morgan fingerprint density at radius 2 is 1.88 bits per heavy atom. The molecule has 0 saturated carbocycles. The van der Waals surface area contributed by atoms with Crippen LogP contribution in [0, 0.1) is 5.92 Å². The fourth-order valence-corrected chi connectivity index (χ4v) is 4.37. The third kappa shape index (κ3) is 6.93. The van der Waals surface area contributed by atoms with Gasteiger partial charge >= 0.3 is 10.8 Å². The van der Waals surface area contributed by atoms with Crippen LogP contribution in [0.15, 0.2) is 47.4 Å². The normalized spacial score (nSPS) is 11.9. The van der Waals surface area contributed by atoms with Crippen LogP contribution in [0.3, 0.4) is 0 Å². The summed E-state index contributed by atoms with van der Waals surface area (Å²) in [7, 11) is 0. The van der Waals surface area contributed by atoms with E-state index in [0.717, 1.165) is 58.6 Å². The fourth-order valence-electron chi connectivity index (χ4n) is 3.47. The third-order valence-corrected chi connectivity index (χ3v) is 6.57. The van der Waals surface area contributed by atoms with E-state index in [0.29, 0.717) is 17.9 Å². The highest BCUT2D eigenvalue weighted by Crippen LogP contribution is 2.25. The Morgan fingerprint density at radius 3 is 2.53 bits per heavy atom. The Labute approximate surface area is 204 Å². The van der Waals surface area contributed by atoms with Crippen molar-refractivity contribution in [3.8, 4) is 11.6 Å². The van der Waals surface area contributed by atoms with E-state index in [1.54, 1.807) is 6.92 Å². The van der Waals surface area contributed by atoms with Crippen LogP contribution in [0.5, 0.6) is 11.6 Å². The molecule has 0 spiro atoms. The van der Waals surface area contributed by atoms with E-state index in [2.05, 4.69) is 18.0 Å². The molecule has 1 unspecified atom stereocenters. The fraction of sp³-hybridized carbons (Fsp3) is 0.423. The van der Waals surface area contributed by atoms with Gasteiger partial charge < -0.3 is 14.6 Å². The summed E-state index contributed by atoms with van der Waals surface area (Å²) in [6.45, 7) is 6.14. The third-order valence-electron chi connectivity index (χ3n) is 5.61. The van der Waals surface area contributed by atoms with Gasteiger partial charge in [-0.05, 0) is 42.2 Å². The molecular formula is C26H32N2O5S. The first kappa shape index (κ1) is 25.5. The van der Waals surface area contributed by atoms with Crippen LogP contribution in [0.25, 0.3) is 0 Å². The van der Waals surface area contributed by atoms with Gasteiger partial charge in [0, 0.05) is 24.7 Å². The molecule has 1 aromatic carbocycles. The molecule has 2 heterocycles. The van der Waals surface area contributed by atoms with Crippen LogP contribution in [-0.2, 0) is 35.5 Å². The van der Waals surface area contributed by atoms with E-state index < -0.39 is 0 Å². The van der Waals surface area contributed by atoms with Crippen molar-refractivity contribution in [3.05, 3.63) is 74.0 Å². The van der Waals surface area contributed by atoms with Gasteiger partial charge in [-0.25, -0.2) is 4.57 Å². The monoisotopic (exact) mass is 484 g/mol. The quantitative estimate of drug-likeness (QED) is 0.374. The second kappa shape index (κ2) is 12.4. The van der Waals surface area contributed by atoms with Crippen LogP contribution in [0.1, 0.15) is 55.3 Å². The Balaban J connectivity index is 1.53.